The van der Waals surface area contributed by atoms with Crippen LogP contribution in [0.4, 0.5) is 5.69 Å². The number of rotatable bonds is 5. The van der Waals surface area contributed by atoms with Gasteiger partial charge >= 0.3 is 5.97 Å². The Balaban J connectivity index is 2.05. The summed E-state index contributed by atoms with van der Waals surface area (Å²) < 4.78 is 10.5. The molecule has 22 heavy (non-hydrogen) atoms. The summed E-state index contributed by atoms with van der Waals surface area (Å²) in [7, 11) is 0. The van der Waals surface area contributed by atoms with Gasteiger partial charge in [0.25, 0.3) is 5.91 Å². The minimum absolute atomic E-state index is 0.208. The standard InChI is InChI=1S/C16H14BrNO4/c1-2-21-15(19)9-6-11-4-3-5-12(10-11)18-16(20)13-7-8-14(17)22-13/h3-10H,2H2,1H3,(H,18,20)/b9-6+. The van der Waals surface area contributed by atoms with E-state index in [0.717, 1.165) is 5.56 Å². The Morgan fingerprint density at radius 3 is 2.82 bits per heavy atom. The van der Waals surface area contributed by atoms with Crippen molar-refractivity contribution in [1.82, 2.24) is 0 Å². The first-order valence-corrected chi connectivity index (χ1v) is 7.39. The SMILES string of the molecule is CCOC(=O)/C=C/c1cccc(NC(=O)c2ccc(Br)o2)c1. The van der Waals surface area contributed by atoms with Gasteiger partial charge in [-0.2, -0.15) is 0 Å². The summed E-state index contributed by atoms with van der Waals surface area (Å²) in [6.07, 6.45) is 2.96. The molecule has 6 heteroatoms. The number of ether oxygens (including phenoxy) is 1. The molecule has 2 aromatic rings. The quantitative estimate of drug-likeness (QED) is 0.646. The highest BCUT2D eigenvalue weighted by atomic mass is 79.9. The first-order valence-electron chi connectivity index (χ1n) is 6.60. The van der Waals surface area contributed by atoms with Crippen LogP contribution in [-0.2, 0) is 9.53 Å². The molecule has 0 atom stereocenters. The minimum Gasteiger partial charge on any atom is -0.463 e. The summed E-state index contributed by atoms with van der Waals surface area (Å²) >= 11 is 3.14. The number of halogens is 1. The third kappa shape index (κ3) is 4.60. The molecule has 0 aliphatic heterocycles. The van der Waals surface area contributed by atoms with Crippen molar-refractivity contribution in [1.29, 1.82) is 0 Å². The van der Waals surface area contributed by atoms with Gasteiger partial charge in [-0.25, -0.2) is 4.79 Å². The highest BCUT2D eigenvalue weighted by molar-refractivity contribution is 9.10. The van der Waals surface area contributed by atoms with Crippen molar-refractivity contribution in [2.45, 2.75) is 6.92 Å². The molecule has 0 bridgehead atoms. The third-order valence-electron chi connectivity index (χ3n) is 2.64. The fraction of sp³-hybridized carbons (Fsp3) is 0.125. The highest BCUT2D eigenvalue weighted by Crippen LogP contribution is 2.17. The number of furan rings is 1. The number of benzene rings is 1. The molecule has 1 aromatic heterocycles. The second kappa shape index (κ2) is 7.61. The monoisotopic (exact) mass is 363 g/mol. The van der Waals surface area contributed by atoms with Gasteiger partial charge in [0.2, 0.25) is 0 Å². The zero-order valence-corrected chi connectivity index (χ0v) is 13.4. The number of esters is 1. The van der Waals surface area contributed by atoms with Crippen LogP contribution in [-0.4, -0.2) is 18.5 Å². The first kappa shape index (κ1) is 16.0. The zero-order chi connectivity index (χ0) is 15.9. The van der Waals surface area contributed by atoms with Gasteiger partial charge in [0, 0.05) is 11.8 Å². The Hall–Kier alpha value is -2.34. The second-order valence-corrected chi connectivity index (χ2v) is 5.05. The van der Waals surface area contributed by atoms with Crippen LogP contribution in [0.1, 0.15) is 23.0 Å². The lowest BCUT2D eigenvalue weighted by molar-refractivity contribution is -0.137. The van der Waals surface area contributed by atoms with Crippen molar-refractivity contribution in [3.05, 3.63) is 58.5 Å². The molecule has 1 amide bonds. The fourth-order valence-electron chi connectivity index (χ4n) is 1.70. The molecular weight excluding hydrogens is 350 g/mol. The van der Waals surface area contributed by atoms with E-state index in [1.54, 1.807) is 43.3 Å². The maximum atomic E-state index is 12.0. The smallest absolute Gasteiger partial charge is 0.330 e. The number of carbonyl (C=O) groups is 2. The Morgan fingerprint density at radius 2 is 2.14 bits per heavy atom. The molecule has 1 aromatic carbocycles. The Bertz CT molecular complexity index is 706. The third-order valence-corrected chi connectivity index (χ3v) is 3.07. The summed E-state index contributed by atoms with van der Waals surface area (Å²) in [6, 6.07) is 10.3. The van der Waals surface area contributed by atoms with Crippen LogP contribution in [0.3, 0.4) is 0 Å². The van der Waals surface area contributed by atoms with E-state index < -0.39 is 5.97 Å². The van der Waals surface area contributed by atoms with Crippen LogP contribution >= 0.6 is 15.9 Å². The van der Waals surface area contributed by atoms with Crippen molar-refractivity contribution in [3.63, 3.8) is 0 Å². The molecule has 0 unspecified atom stereocenters. The van der Waals surface area contributed by atoms with Gasteiger partial charge in [0.1, 0.15) is 0 Å². The van der Waals surface area contributed by atoms with Gasteiger partial charge in [-0.1, -0.05) is 12.1 Å². The average molecular weight is 364 g/mol. The van der Waals surface area contributed by atoms with E-state index in [0.29, 0.717) is 17.0 Å². The lowest BCUT2D eigenvalue weighted by Crippen LogP contribution is -2.10. The van der Waals surface area contributed by atoms with Gasteiger partial charge in [0.05, 0.1) is 6.61 Å². The molecule has 0 saturated carbocycles. The normalized spacial score (nSPS) is 10.6. The van der Waals surface area contributed by atoms with Crippen molar-refractivity contribution < 1.29 is 18.7 Å². The molecule has 5 nitrogen and oxygen atoms in total. The number of hydrogen-bond donors (Lipinski definition) is 1. The second-order valence-electron chi connectivity index (χ2n) is 4.27. The van der Waals surface area contributed by atoms with E-state index in [2.05, 4.69) is 21.2 Å². The van der Waals surface area contributed by atoms with E-state index in [1.807, 2.05) is 6.07 Å². The van der Waals surface area contributed by atoms with Crippen LogP contribution in [0.2, 0.25) is 0 Å². The molecule has 0 aliphatic rings. The van der Waals surface area contributed by atoms with Crippen LogP contribution < -0.4 is 5.32 Å². The maximum Gasteiger partial charge on any atom is 0.330 e. The molecule has 114 valence electrons. The van der Waals surface area contributed by atoms with Crippen LogP contribution in [0.15, 0.2) is 51.6 Å². The first-order chi connectivity index (χ1) is 10.6. The predicted octanol–water partition coefficient (Wildman–Crippen LogP) is 3.87. The lowest BCUT2D eigenvalue weighted by atomic mass is 10.2. The Kier molecular flexibility index (Phi) is 5.55. The summed E-state index contributed by atoms with van der Waals surface area (Å²) in [5.41, 5.74) is 1.37. The van der Waals surface area contributed by atoms with Crippen molar-refractivity contribution >= 4 is 39.6 Å². The van der Waals surface area contributed by atoms with Crippen LogP contribution in [0.25, 0.3) is 6.08 Å². The summed E-state index contributed by atoms with van der Waals surface area (Å²) in [4.78, 5) is 23.2. The lowest BCUT2D eigenvalue weighted by Gasteiger charge is -2.04. The Labute approximate surface area is 136 Å². The van der Waals surface area contributed by atoms with Gasteiger partial charge < -0.3 is 14.5 Å². The highest BCUT2D eigenvalue weighted by Gasteiger charge is 2.10. The Morgan fingerprint density at radius 1 is 1.32 bits per heavy atom. The topological polar surface area (TPSA) is 68.5 Å². The number of anilines is 1. The van der Waals surface area contributed by atoms with E-state index in [-0.39, 0.29) is 11.7 Å². The molecule has 0 saturated heterocycles. The molecule has 0 fully saturated rings. The molecule has 0 spiro atoms. The summed E-state index contributed by atoms with van der Waals surface area (Å²) in [6.45, 7) is 2.08. The largest absolute Gasteiger partial charge is 0.463 e. The van der Waals surface area contributed by atoms with Crippen molar-refractivity contribution in [2.75, 3.05) is 11.9 Å². The van der Waals surface area contributed by atoms with E-state index in [1.165, 1.54) is 6.08 Å². The number of amides is 1. The number of carbonyl (C=O) groups excluding carboxylic acids is 2. The molecular formula is C16H14BrNO4. The zero-order valence-electron chi connectivity index (χ0n) is 11.8. The van der Waals surface area contributed by atoms with Crippen molar-refractivity contribution in [3.8, 4) is 0 Å². The van der Waals surface area contributed by atoms with E-state index in [9.17, 15) is 9.59 Å². The number of hydrogen-bond acceptors (Lipinski definition) is 4. The van der Waals surface area contributed by atoms with E-state index >= 15 is 0 Å². The predicted molar refractivity (Wildman–Crippen MR) is 86.5 cm³/mol. The van der Waals surface area contributed by atoms with Gasteiger partial charge in [-0.3, -0.25) is 4.79 Å². The molecule has 2 rings (SSSR count). The molecule has 0 aliphatic carbocycles. The van der Waals surface area contributed by atoms with Gasteiger partial charge in [-0.05, 0) is 58.8 Å². The van der Waals surface area contributed by atoms with Crippen molar-refractivity contribution in [2.24, 2.45) is 0 Å². The summed E-state index contributed by atoms with van der Waals surface area (Å²) in [5, 5.41) is 2.72. The summed E-state index contributed by atoms with van der Waals surface area (Å²) in [5.74, 6) is -0.547. The number of nitrogens with one attached hydrogen (secondary N) is 1. The average Bonchev–Trinajstić information content (AvgIpc) is 2.93. The van der Waals surface area contributed by atoms with Gasteiger partial charge in [-0.15, -0.1) is 0 Å². The molecule has 1 heterocycles. The van der Waals surface area contributed by atoms with E-state index in [4.69, 9.17) is 9.15 Å². The maximum absolute atomic E-state index is 12.0. The fourth-order valence-corrected chi connectivity index (χ4v) is 2.01. The molecule has 1 N–H and O–H groups in total. The minimum atomic E-state index is -0.405. The van der Waals surface area contributed by atoms with Crippen LogP contribution in [0, 0.1) is 0 Å². The van der Waals surface area contributed by atoms with Gasteiger partial charge in [0.15, 0.2) is 10.4 Å². The van der Waals surface area contributed by atoms with Crippen LogP contribution in [0.5, 0.6) is 0 Å². The molecule has 0 radical (unpaired) electrons.